The van der Waals surface area contributed by atoms with E-state index in [2.05, 4.69) is 15.5 Å². The zero-order chi connectivity index (χ0) is 14.1. The van der Waals surface area contributed by atoms with Crippen molar-refractivity contribution in [2.45, 2.75) is 31.1 Å². The van der Waals surface area contributed by atoms with E-state index in [1.54, 1.807) is 19.1 Å². The van der Waals surface area contributed by atoms with Crippen LogP contribution >= 0.6 is 11.6 Å². The summed E-state index contributed by atoms with van der Waals surface area (Å²) in [6.07, 6.45) is 2.26. The van der Waals surface area contributed by atoms with Crippen LogP contribution in [0.15, 0.2) is 28.8 Å². The Balaban J connectivity index is 1.80. The van der Waals surface area contributed by atoms with Crippen molar-refractivity contribution in [2.24, 2.45) is 0 Å². The van der Waals surface area contributed by atoms with Gasteiger partial charge in [-0.25, -0.2) is 0 Å². The third-order valence-electron chi connectivity index (χ3n) is 3.12. The fourth-order valence-electron chi connectivity index (χ4n) is 1.83. The standard InChI is InChI=1S/C14H14ClN3O2/c1-8(15)13(19)16-11-4-2-3-10(7-11)14-17-12(18-20-14)9-5-6-9/h2-4,7-9H,5-6H2,1H3,(H,16,19). The fraction of sp³-hybridized carbons (Fsp3) is 0.357. The maximum absolute atomic E-state index is 11.6. The number of halogens is 1. The molecule has 0 radical (unpaired) electrons. The third kappa shape index (κ3) is 2.82. The molecule has 0 aliphatic heterocycles. The summed E-state index contributed by atoms with van der Waals surface area (Å²) >= 11 is 5.73. The molecular weight excluding hydrogens is 278 g/mol. The van der Waals surface area contributed by atoms with Gasteiger partial charge >= 0.3 is 0 Å². The first kappa shape index (κ1) is 13.1. The number of carbonyl (C=O) groups excluding carboxylic acids is 1. The monoisotopic (exact) mass is 291 g/mol. The van der Waals surface area contributed by atoms with E-state index in [4.69, 9.17) is 16.1 Å². The minimum Gasteiger partial charge on any atom is -0.334 e. The van der Waals surface area contributed by atoms with Gasteiger partial charge in [-0.3, -0.25) is 4.79 Å². The van der Waals surface area contributed by atoms with Crippen molar-refractivity contribution in [3.8, 4) is 11.5 Å². The molecule has 1 aromatic carbocycles. The number of amides is 1. The van der Waals surface area contributed by atoms with Gasteiger partial charge in [-0.2, -0.15) is 4.98 Å². The van der Waals surface area contributed by atoms with Crippen molar-refractivity contribution in [1.29, 1.82) is 0 Å². The van der Waals surface area contributed by atoms with Gasteiger partial charge in [0.05, 0.1) is 0 Å². The first-order chi connectivity index (χ1) is 9.63. The number of hydrogen-bond acceptors (Lipinski definition) is 4. The van der Waals surface area contributed by atoms with E-state index in [-0.39, 0.29) is 5.91 Å². The van der Waals surface area contributed by atoms with Crippen LogP contribution in [0, 0.1) is 0 Å². The Kier molecular flexibility index (Phi) is 3.44. The topological polar surface area (TPSA) is 68.0 Å². The van der Waals surface area contributed by atoms with E-state index in [1.165, 1.54) is 0 Å². The van der Waals surface area contributed by atoms with Crippen LogP contribution in [0.3, 0.4) is 0 Å². The molecule has 2 aromatic rings. The van der Waals surface area contributed by atoms with Crippen molar-refractivity contribution in [1.82, 2.24) is 10.1 Å². The number of alkyl halides is 1. The molecular formula is C14H14ClN3O2. The Labute approximate surface area is 121 Å². The summed E-state index contributed by atoms with van der Waals surface area (Å²) in [5.41, 5.74) is 1.44. The van der Waals surface area contributed by atoms with Gasteiger partial charge in [0.25, 0.3) is 5.89 Å². The summed E-state index contributed by atoms with van der Waals surface area (Å²) in [5, 5.41) is 6.13. The molecule has 1 heterocycles. The molecule has 1 aromatic heterocycles. The van der Waals surface area contributed by atoms with Crippen molar-refractivity contribution < 1.29 is 9.32 Å². The Morgan fingerprint density at radius 1 is 1.50 bits per heavy atom. The van der Waals surface area contributed by atoms with Gasteiger partial charge in [-0.15, -0.1) is 11.6 Å². The number of hydrogen-bond donors (Lipinski definition) is 1. The maximum atomic E-state index is 11.6. The SMILES string of the molecule is CC(Cl)C(=O)Nc1cccc(-c2nc(C3CC3)no2)c1. The van der Waals surface area contributed by atoms with Gasteiger partial charge in [-0.05, 0) is 38.0 Å². The molecule has 104 valence electrons. The van der Waals surface area contributed by atoms with Crippen LogP contribution in [-0.4, -0.2) is 21.4 Å². The van der Waals surface area contributed by atoms with Crippen LogP contribution in [0.2, 0.25) is 0 Å². The fourth-order valence-corrected chi connectivity index (χ4v) is 1.89. The summed E-state index contributed by atoms with van der Waals surface area (Å²) < 4.78 is 5.26. The molecule has 1 atom stereocenters. The van der Waals surface area contributed by atoms with Gasteiger partial charge in [0.1, 0.15) is 5.38 Å². The maximum Gasteiger partial charge on any atom is 0.258 e. The summed E-state index contributed by atoms with van der Waals surface area (Å²) in [5.74, 6) is 1.45. The number of nitrogens with zero attached hydrogens (tertiary/aromatic N) is 2. The highest BCUT2D eigenvalue weighted by molar-refractivity contribution is 6.32. The van der Waals surface area contributed by atoms with Crippen LogP contribution in [0.25, 0.3) is 11.5 Å². The number of rotatable bonds is 4. The average molecular weight is 292 g/mol. The molecule has 1 unspecified atom stereocenters. The number of aromatic nitrogens is 2. The van der Waals surface area contributed by atoms with Crippen LogP contribution in [0.1, 0.15) is 31.5 Å². The zero-order valence-electron chi connectivity index (χ0n) is 11.0. The lowest BCUT2D eigenvalue weighted by Gasteiger charge is -2.06. The quantitative estimate of drug-likeness (QED) is 0.879. The summed E-state index contributed by atoms with van der Waals surface area (Å²) in [7, 11) is 0. The summed E-state index contributed by atoms with van der Waals surface area (Å²) in [6, 6.07) is 7.27. The van der Waals surface area contributed by atoms with E-state index >= 15 is 0 Å². The first-order valence-electron chi connectivity index (χ1n) is 6.52. The molecule has 1 saturated carbocycles. The Bertz CT molecular complexity index is 635. The average Bonchev–Trinajstić information content (AvgIpc) is 3.16. The largest absolute Gasteiger partial charge is 0.334 e. The number of anilines is 1. The molecule has 3 rings (SSSR count). The predicted octanol–water partition coefficient (Wildman–Crippen LogP) is 3.18. The lowest BCUT2D eigenvalue weighted by atomic mass is 10.2. The van der Waals surface area contributed by atoms with Crippen molar-refractivity contribution in [2.75, 3.05) is 5.32 Å². The number of carbonyl (C=O) groups is 1. The predicted molar refractivity (Wildman–Crippen MR) is 75.7 cm³/mol. The van der Waals surface area contributed by atoms with E-state index in [9.17, 15) is 4.79 Å². The van der Waals surface area contributed by atoms with Gasteiger partial charge in [0.15, 0.2) is 5.82 Å². The van der Waals surface area contributed by atoms with Gasteiger partial charge in [-0.1, -0.05) is 11.2 Å². The van der Waals surface area contributed by atoms with Crippen LogP contribution in [0.4, 0.5) is 5.69 Å². The van der Waals surface area contributed by atoms with E-state index in [1.807, 2.05) is 12.1 Å². The van der Waals surface area contributed by atoms with E-state index < -0.39 is 5.38 Å². The molecule has 1 aliphatic rings. The molecule has 1 N–H and O–H groups in total. The normalized spacial score (nSPS) is 15.9. The highest BCUT2D eigenvalue weighted by atomic mass is 35.5. The summed E-state index contributed by atoms with van der Waals surface area (Å²) in [4.78, 5) is 15.9. The molecule has 1 amide bonds. The van der Waals surface area contributed by atoms with E-state index in [0.29, 0.717) is 17.5 Å². The minimum atomic E-state index is -0.580. The second-order valence-corrected chi connectivity index (χ2v) is 5.57. The van der Waals surface area contributed by atoms with Gasteiger partial charge < -0.3 is 9.84 Å². The minimum absolute atomic E-state index is 0.243. The van der Waals surface area contributed by atoms with Crippen molar-refractivity contribution in [3.05, 3.63) is 30.1 Å². The zero-order valence-corrected chi connectivity index (χ0v) is 11.7. The van der Waals surface area contributed by atoms with Crippen LogP contribution in [0.5, 0.6) is 0 Å². The van der Waals surface area contributed by atoms with Gasteiger partial charge in [0, 0.05) is 17.2 Å². The van der Waals surface area contributed by atoms with Gasteiger partial charge in [0.2, 0.25) is 5.91 Å². The van der Waals surface area contributed by atoms with E-state index in [0.717, 1.165) is 24.2 Å². The molecule has 20 heavy (non-hydrogen) atoms. The van der Waals surface area contributed by atoms with Crippen molar-refractivity contribution in [3.63, 3.8) is 0 Å². The Morgan fingerprint density at radius 3 is 3.00 bits per heavy atom. The van der Waals surface area contributed by atoms with Crippen molar-refractivity contribution >= 4 is 23.2 Å². The second-order valence-electron chi connectivity index (χ2n) is 4.92. The Morgan fingerprint density at radius 2 is 2.30 bits per heavy atom. The number of nitrogens with one attached hydrogen (secondary N) is 1. The molecule has 0 saturated heterocycles. The molecule has 5 nitrogen and oxygen atoms in total. The number of benzene rings is 1. The molecule has 6 heteroatoms. The highest BCUT2D eigenvalue weighted by Crippen LogP contribution is 2.38. The second kappa shape index (κ2) is 5.25. The smallest absolute Gasteiger partial charge is 0.258 e. The first-order valence-corrected chi connectivity index (χ1v) is 6.96. The Hall–Kier alpha value is -1.88. The van der Waals surface area contributed by atoms with Crippen LogP contribution < -0.4 is 5.32 Å². The molecule has 0 spiro atoms. The summed E-state index contributed by atoms with van der Waals surface area (Å²) in [6.45, 7) is 1.63. The molecule has 0 bridgehead atoms. The highest BCUT2D eigenvalue weighted by Gasteiger charge is 2.29. The molecule has 1 fully saturated rings. The van der Waals surface area contributed by atoms with Crippen LogP contribution in [-0.2, 0) is 4.79 Å². The third-order valence-corrected chi connectivity index (χ3v) is 3.32. The molecule has 1 aliphatic carbocycles. The lowest BCUT2D eigenvalue weighted by molar-refractivity contribution is -0.115. The lowest BCUT2D eigenvalue weighted by Crippen LogP contribution is -2.20.